The number of nitrogens with two attached hydrogens (primary N) is 1. The highest BCUT2D eigenvalue weighted by atomic mass is 15.1. The molecule has 4 heteroatoms. The third kappa shape index (κ3) is 2.71. The molecule has 1 heterocycles. The molecule has 0 aliphatic heterocycles. The van der Waals surface area contributed by atoms with Crippen LogP contribution in [-0.2, 0) is 0 Å². The van der Waals surface area contributed by atoms with Gasteiger partial charge in [0.1, 0.15) is 5.82 Å². The third-order valence-electron chi connectivity index (χ3n) is 2.78. The quantitative estimate of drug-likeness (QED) is 0.869. The van der Waals surface area contributed by atoms with Gasteiger partial charge < -0.3 is 16.0 Å². The van der Waals surface area contributed by atoms with Crippen LogP contribution in [0.15, 0.2) is 36.4 Å². The normalized spacial score (nSPS) is 10.2. The van der Waals surface area contributed by atoms with E-state index in [1.54, 1.807) is 0 Å². The van der Waals surface area contributed by atoms with Gasteiger partial charge in [0, 0.05) is 25.5 Å². The number of hydrogen-bond donors (Lipinski definition) is 2. The molecule has 1 aromatic carbocycles. The summed E-state index contributed by atoms with van der Waals surface area (Å²) in [7, 11) is 4.04. The van der Waals surface area contributed by atoms with Gasteiger partial charge in [-0.25, -0.2) is 4.98 Å². The van der Waals surface area contributed by atoms with Gasteiger partial charge in [-0.05, 0) is 43.3 Å². The van der Waals surface area contributed by atoms with Gasteiger partial charge in [0.15, 0.2) is 0 Å². The summed E-state index contributed by atoms with van der Waals surface area (Å²) in [6, 6.07) is 11.9. The van der Waals surface area contributed by atoms with Crippen LogP contribution in [0.5, 0.6) is 0 Å². The Hall–Kier alpha value is -2.23. The van der Waals surface area contributed by atoms with Gasteiger partial charge in [-0.2, -0.15) is 0 Å². The Bertz CT molecular complexity index is 532. The van der Waals surface area contributed by atoms with Crippen LogP contribution in [0.1, 0.15) is 5.69 Å². The SMILES string of the molecule is Cc1nc(Nc2ccc(N(C)C)cc2)ccc1N. The average molecular weight is 242 g/mol. The second-order valence-electron chi connectivity index (χ2n) is 4.44. The van der Waals surface area contributed by atoms with Crippen molar-refractivity contribution in [1.82, 2.24) is 4.98 Å². The van der Waals surface area contributed by atoms with Crippen LogP contribution < -0.4 is 16.0 Å². The van der Waals surface area contributed by atoms with Gasteiger partial charge in [0.2, 0.25) is 0 Å². The number of hydrogen-bond acceptors (Lipinski definition) is 4. The molecule has 0 aliphatic rings. The average Bonchev–Trinajstić information content (AvgIpc) is 2.34. The maximum absolute atomic E-state index is 5.74. The Morgan fingerprint density at radius 2 is 1.72 bits per heavy atom. The molecule has 0 spiro atoms. The summed E-state index contributed by atoms with van der Waals surface area (Å²) in [5.41, 5.74) is 9.47. The largest absolute Gasteiger partial charge is 0.397 e. The van der Waals surface area contributed by atoms with Crippen LogP contribution >= 0.6 is 0 Å². The first-order chi connectivity index (χ1) is 8.56. The Morgan fingerprint density at radius 1 is 1.06 bits per heavy atom. The zero-order valence-electron chi connectivity index (χ0n) is 10.9. The van der Waals surface area contributed by atoms with E-state index in [9.17, 15) is 0 Å². The molecular formula is C14H18N4. The van der Waals surface area contributed by atoms with E-state index < -0.39 is 0 Å². The number of nitrogens with one attached hydrogen (secondary N) is 1. The zero-order chi connectivity index (χ0) is 13.1. The standard InChI is InChI=1S/C14H18N4/c1-10-13(15)8-9-14(16-10)17-11-4-6-12(7-5-11)18(2)3/h4-9H,15H2,1-3H3,(H,16,17). The second-order valence-corrected chi connectivity index (χ2v) is 4.44. The predicted octanol–water partition coefficient (Wildman–Crippen LogP) is 2.78. The lowest BCUT2D eigenvalue weighted by Crippen LogP contribution is -2.08. The number of nitrogen functional groups attached to an aromatic ring is 1. The molecule has 0 aliphatic carbocycles. The summed E-state index contributed by atoms with van der Waals surface area (Å²) >= 11 is 0. The van der Waals surface area contributed by atoms with Crippen molar-refractivity contribution in [3.63, 3.8) is 0 Å². The lowest BCUT2D eigenvalue weighted by molar-refractivity contribution is 1.13. The van der Waals surface area contributed by atoms with Gasteiger partial charge in [0.25, 0.3) is 0 Å². The zero-order valence-corrected chi connectivity index (χ0v) is 10.9. The van der Waals surface area contributed by atoms with Crippen molar-refractivity contribution < 1.29 is 0 Å². The first-order valence-corrected chi connectivity index (χ1v) is 5.84. The van der Waals surface area contributed by atoms with E-state index in [0.29, 0.717) is 5.69 Å². The van der Waals surface area contributed by atoms with Crippen molar-refractivity contribution >= 4 is 22.9 Å². The van der Waals surface area contributed by atoms with Gasteiger partial charge >= 0.3 is 0 Å². The molecule has 0 amide bonds. The molecule has 0 bridgehead atoms. The second kappa shape index (κ2) is 4.96. The molecule has 18 heavy (non-hydrogen) atoms. The summed E-state index contributed by atoms with van der Waals surface area (Å²) in [6.07, 6.45) is 0. The fraction of sp³-hybridized carbons (Fsp3) is 0.214. The Kier molecular flexibility index (Phi) is 3.37. The molecular weight excluding hydrogens is 224 g/mol. The molecule has 2 rings (SSSR count). The molecule has 0 saturated carbocycles. The molecule has 3 N–H and O–H groups in total. The molecule has 0 radical (unpaired) electrons. The Balaban J connectivity index is 2.15. The molecule has 4 nitrogen and oxygen atoms in total. The number of benzene rings is 1. The molecule has 0 atom stereocenters. The summed E-state index contributed by atoms with van der Waals surface area (Å²) in [5, 5.41) is 3.25. The van der Waals surface area contributed by atoms with E-state index in [2.05, 4.69) is 27.3 Å². The highest BCUT2D eigenvalue weighted by molar-refractivity contribution is 5.62. The smallest absolute Gasteiger partial charge is 0.130 e. The lowest BCUT2D eigenvalue weighted by atomic mass is 10.2. The van der Waals surface area contributed by atoms with E-state index >= 15 is 0 Å². The lowest BCUT2D eigenvalue weighted by Gasteiger charge is -2.13. The first kappa shape index (κ1) is 12.2. The van der Waals surface area contributed by atoms with Gasteiger partial charge in [0.05, 0.1) is 11.4 Å². The summed E-state index contributed by atoms with van der Waals surface area (Å²) in [6.45, 7) is 1.90. The maximum atomic E-state index is 5.74. The van der Waals surface area contributed by atoms with Crippen molar-refractivity contribution in [1.29, 1.82) is 0 Å². The first-order valence-electron chi connectivity index (χ1n) is 5.84. The Morgan fingerprint density at radius 3 is 2.28 bits per heavy atom. The summed E-state index contributed by atoms with van der Waals surface area (Å²) in [5.74, 6) is 0.805. The summed E-state index contributed by atoms with van der Waals surface area (Å²) in [4.78, 5) is 6.44. The maximum Gasteiger partial charge on any atom is 0.130 e. The molecule has 94 valence electrons. The number of pyridine rings is 1. The van der Waals surface area contributed by atoms with Crippen molar-refractivity contribution in [2.45, 2.75) is 6.92 Å². The predicted molar refractivity (Wildman–Crippen MR) is 77.4 cm³/mol. The molecule has 0 saturated heterocycles. The van der Waals surface area contributed by atoms with Gasteiger partial charge in [-0.1, -0.05) is 0 Å². The molecule has 0 fully saturated rings. The van der Waals surface area contributed by atoms with Gasteiger partial charge in [-0.3, -0.25) is 0 Å². The minimum absolute atomic E-state index is 0.712. The fourth-order valence-corrected chi connectivity index (χ4v) is 1.63. The number of aryl methyl sites for hydroxylation is 1. The van der Waals surface area contributed by atoms with Crippen LogP contribution in [0.3, 0.4) is 0 Å². The van der Waals surface area contributed by atoms with Gasteiger partial charge in [-0.15, -0.1) is 0 Å². The van der Waals surface area contributed by atoms with E-state index in [0.717, 1.165) is 17.2 Å². The summed E-state index contributed by atoms with van der Waals surface area (Å²) < 4.78 is 0. The van der Waals surface area contributed by atoms with E-state index in [1.807, 2.05) is 45.3 Å². The van der Waals surface area contributed by atoms with E-state index in [-0.39, 0.29) is 0 Å². The minimum atomic E-state index is 0.712. The third-order valence-corrected chi connectivity index (χ3v) is 2.78. The fourth-order valence-electron chi connectivity index (χ4n) is 1.63. The van der Waals surface area contributed by atoms with Crippen molar-refractivity contribution in [3.05, 3.63) is 42.1 Å². The highest BCUT2D eigenvalue weighted by Gasteiger charge is 2.00. The molecule has 1 aromatic heterocycles. The number of aromatic nitrogens is 1. The molecule has 0 unspecified atom stereocenters. The number of rotatable bonds is 3. The van der Waals surface area contributed by atoms with Crippen LogP contribution in [0.4, 0.5) is 22.9 Å². The van der Waals surface area contributed by atoms with Crippen LogP contribution in [-0.4, -0.2) is 19.1 Å². The van der Waals surface area contributed by atoms with Crippen molar-refractivity contribution in [2.24, 2.45) is 0 Å². The van der Waals surface area contributed by atoms with E-state index in [4.69, 9.17) is 5.73 Å². The minimum Gasteiger partial charge on any atom is -0.397 e. The topological polar surface area (TPSA) is 54.2 Å². The molecule has 2 aromatic rings. The highest BCUT2D eigenvalue weighted by Crippen LogP contribution is 2.20. The van der Waals surface area contributed by atoms with Crippen molar-refractivity contribution in [2.75, 3.05) is 30.0 Å². The number of anilines is 4. The van der Waals surface area contributed by atoms with Crippen LogP contribution in [0.25, 0.3) is 0 Å². The van der Waals surface area contributed by atoms with Crippen LogP contribution in [0, 0.1) is 6.92 Å². The Labute approximate surface area is 107 Å². The van der Waals surface area contributed by atoms with Crippen molar-refractivity contribution in [3.8, 4) is 0 Å². The van der Waals surface area contributed by atoms with Crippen LogP contribution in [0.2, 0.25) is 0 Å². The van der Waals surface area contributed by atoms with E-state index in [1.165, 1.54) is 5.69 Å². The monoisotopic (exact) mass is 242 g/mol. The number of nitrogens with zero attached hydrogens (tertiary/aromatic N) is 2.